The molecule has 0 saturated heterocycles. The Balaban J connectivity index is 1.84. The van der Waals surface area contributed by atoms with Gasteiger partial charge >= 0.3 is 5.97 Å². The molecule has 3 rings (SSSR count). The molecule has 114 valence electrons. The van der Waals surface area contributed by atoms with Gasteiger partial charge in [-0.25, -0.2) is 5.01 Å². The first kappa shape index (κ1) is 14.5. The van der Waals surface area contributed by atoms with Crippen LogP contribution in [0.4, 0.5) is 0 Å². The van der Waals surface area contributed by atoms with E-state index in [0.717, 1.165) is 4.88 Å². The molecule has 2 aromatic heterocycles. The lowest BCUT2D eigenvalue weighted by molar-refractivity contribution is -0.141. The Morgan fingerprint density at radius 2 is 2.23 bits per heavy atom. The third-order valence-electron chi connectivity index (χ3n) is 3.40. The molecule has 0 unspecified atom stereocenters. The molecule has 22 heavy (non-hydrogen) atoms. The van der Waals surface area contributed by atoms with E-state index in [2.05, 4.69) is 5.10 Å². The number of carbonyl (C=O) groups is 2. The molecule has 7 heteroatoms. The zero-order valence-corrected chi connectivity index (χ0v) is 12.5. The predicted molar refractivity (Wildman–Crippen MR) is 80.6 cm³/mol. The van der Waals surface area contributed by atoms with Crippen LogP contribution in [0.3, 0.4) is 0 Å². The van der Waals surface area contributed by atoms with Crippen molar-refractivity contribution in [3.8, 4) is 0 Å². The number of carbonyl (C=O) groups excluding carboxylic acids is 1. The van der Waals surface area contributed by atoms with Gasteiger partial charge in [0, 0.05) is 17.7 Å². The van der Waals surface area contributed by atoms with Crippen molar-refractivity contribution in [1.82, 2.24) is 5.01 Å². The summed E-state index contributed by atoms with van der Waals surface area (Å²) in [6.07, 6.45) is 1.87. The number of aliphatic carboxylic acids is 1. The summed E-state index contributed by atoms with van der Waals surface area (Å²) in [6, 6.07) is 7.25. The first-order chi connectivity index (χ1) is 10.6. The lowest BCUT2D eigenvalue weighted by Crippen LogP contribution is -2.26. The van der Waals surface area contributed by atoms with Crippen LogP contribution in [0.2, 0.25) is 0 Å². The summed E-state index contributed by atoms with van der Waals surface area (Å²) in [7, 11) is 0. The molecule has 3 heterocycles. The van der Waals surface area contributed by atoms with Crippen molar-refractivity contribution in [2.45, 2.75) is 25.3 Å². The van der Waals surface area contributed by atoms with E-state index < -0.39 is 5.97 Å². The average Bonchev–Trinajstić information content (AvgIpc) is 3.23. The molecular formula is C15H14N2O4S. The minimum absolute atomic E-state index is 0.0633. The largest absolute Gasteiger partial charge is 0.481 e. The number of thiophene rings is 1. The third kappa shape index (κ3) is 2.94. The lowest BCUT2D eigenvalue weighted by Gasteiger charge is -2.20. The molecule has 0 bridgehead atoms. The van der Waals surface area contributed by atoms with Crippen LogP contribution >= 0.6 is 11.3 Å². The van der Waals surface area contributed by atoms with Gasteiger partial charge in [-0.2, -0.15) is 5.10 Å². The first-order valence-corrected chi connectivity index (χ1v) is 7.71. The van der Waals surface area contributed by atoms with Gasteiger partial charge in [0.1, 0.15) is 11.5 Å². The van der Waals surface area contributed by atoms with E-state index in [1.54, 1.807) is 29.7 Å². The second-order valence-electron chi connectivity index (χ2n) is 4.89. The SMILES string of the molecule is O=C(O)CCC(=O)N1N=C(c2ccco2)C[C@@H]1c1cccs1. The smallest absolute Gasteiger partial charge is 0.303 e. The van der Waals surface area contributed by atoms with E-state index in [1.165, 1.54) is 5.01 Å². The number of hydrazone groups is 1. The maximum absolute atomic E-state index is 12.3. The van der Waals surface area contributed by atoms with Gasteiger partial charge in [-0.1, -0.05) is 6.07 Å². The van der Waals surface area contributed by atoms with Gasteiger partial charge in [-0.15, -0.1) is 11.3 Å². The second-order valence-corrected chi connectivity index (χ2v) is 5.87. The van der Waals surface area contributed by atoms with E-state index in [9.17, 15) is 9.59 Å². The molecule has 1 N–H and O–H groups in total. The number of amides is 1. The molecule has 1 amide bonds. The maximum Gasteiger partial charge on any atom is 0.303 e. The number of hydrogen-bond donors (Lipinski definition) is 1. The highest BCUT2D eigenvalue weighted by Gasteiger charge is 2.34. The number of nitrogens with zero attached hydrogens (tertiary/aromatic N) is 2. The molecule has 2 aromatic rings. The number of furan rings is 1. The van der Waals surface area contributed by atoms with Gasteiger partial charge in [0.2, 0.25) is 5.91 Å². The Labute approximate surface area is 130 Å². The number of hydrogen-bond acceptors (Lipinski definition) is 5. The molecule has 1 atom stereocenters. The van der Waals surface area contributed by atoms with Crippen molar-refractivity contribution >= 4 is 28.9 Å². The van der Waals surface area contributed by atoms with E-state index in [-0.39, 0.29) is 24.8 Å². The standard InChI is InChI=1S/C15H14N2O4S/c18-14(5-6-15(19)20)17-11(13-4-2-8-22-13)9-10(16-17)12-3-1-7-21-12/h1-4,7-8,11H,5-6,9H2,(H,19,20)/t11-/m1/s1. The summed E-state index contributed by atoms with van der Waals surface area (Å²) >= 11 is 1.55. The molecule has 0 aromatic carbocycles. The number of rotatable bonds is 5. The number of carboxylic acids is 1. The van der Waals surface area contributed by atoms with E-state index in [4.69, 9.17) is 9.52 Å². The molecule has 0 radical (unpaired) electrons. The highest BCUT2D eigenvalue weighted by Crippen LogP contribution is 2.35. The minimum atomic E-state index is -0.990. The van der Waals surface area contributed by atoms with Gasteiger partial charge in [0.05, 0.1) is 18.7 Å². The Morgan fingerprint density at radius 1 is 1.36 bits per heavy atom. The Kier molecular flexibility index (Phi) is 4.06. The second kappa shape index (κ2) is 6.15. The van der Waals surface area contributed by atoms with Crippen molar-refractivity contribution in [3.63, 3.8) is 0 Å². The number of carboxylic acid groups (broad SMARTS) is 1. The molecule has 1 aliphatic rings. The van der Waals surface area contributed by atoms with Gasteiger partial charge in [-0.3, -0.25) is 9.59 Å². The van der Waals surface area contributed by atoms with Crippen molar-refractivity contribution in [3.05, 3.63) is 46.5 Å². The van der Waals surface area contributed by atoms with Crippen molar-refractivity contribution in [2.75, 3.05) is 0 Å². The quantitative estimate of drug-likeness (QED) is 0.919. The fraction of sp³-hybridized carbons (Fsp3) is 0.267. The lowest BCUT2D eigenvalue weighted by atomic mass is 10.1. The molecule has 0 aliphatic carbocycles. The normalized spacial score (nSPS) is 17.5. The van der Waals surface area contributed by atoms with Crippen LogP contribution < -0.4 is 0 Å². The predicted octanol–water partition coefficient (Wildman–Crippen LogP) is 2.88. The van der Waals surface area contributed by atoms with Crippen molar-refractivity contribution < 1.29 is 19.1 Å². The summed E-state index contributed by atoms with van der Waals surface area (Å²) in [4.78, 5) is 24.0. The average molecular weight is 318 g/mol. The van der Waals surface area contributed by atoms with Crippen LogP contribution in [0.1, 0.15) is 35.9 Å². The van der Waals surface area contributed by atoms with Crippen LogP contribution in [0.15, 0.2) is 45.4 Å². The summed E-state index contributed by atoms with van der Waals surface area (Å²) in [5.74, 6) is -0.645. The maximum atomic E-state index is 12.3. The van der Waals surface area contributed by atoms with Crippen LogP contribution in [-0.4, -0.2) is 27.7 Å². The summed E-state index contributed by atoms with van der Waals surface area (Å²) in [6.45, 7) is 0. The summed E-state index contributed by atoms with van der Waals surface area (Å²) in [5, 5.41) is 16.4. The van der Waals surface area contributed by atoms with Crippen molar-refractivity contribution in [2.24, 2.45) is 5.10 Å². The molecule has 0 saturated carbocycles. The van der Waals surface area contributed by atoms with Crippen LogP contribution in [0.25, 0.3) is 0 Å². The fourth-order valence-electron chi connectivity index (χ4n) is 2.36. The van der Waals surface area contributed by atoms with Crippen LogP contribution in [0.5, 0.6) is 0 Å². The molecule has 6 nitrogen and oxygen atoms in total. The fourth-order valence-corrected chi connectivity index (χ4v) is 3.17. The van der Waals surface area contributed by atoms with Gasteiger partial charge in [0.15, 0.2) is 0 Å². The Hall–Kier alpha value is -2.41. The monoisotopic (exact) mass is 318 g/mol. The molecule has 1 aliphatic heterocycles. The summed E-state index contributed by atoms with van der Waals surface area (Å²) < 4.78 is 5.35. The molecular weight excluding hydrogens is 304 g/mol. The highest BCUT2D eigenvalue weighted by atomic mass is 32.1. The highest BCUT2D eigenvalue weighted by molar-refractivity contribution is 7.10. The Morgan fingerprint density at radius 3 is 2.86 bits per heavy atom. The molecule has 0 spiro atoms. The van der Waals surface area contributed by atoms with Gasteiger partial charge in [-0.05, 0) is 23.6 Å². The molecule has 0 fully saturated rings. The topological polar surface area (TPSA) is 83.1 Å². The van der Waals surface area contributed by atoms with E-state index >= 15 is 0 Å². The van der Waals surface area contributed by atoms with Gasteiger partial charge < -0.3 is 9.52 Å². The third-order valence-corrected chi connectivity index (χ3v) is 4.37. The van der Waals surface area contributed by atoms with E-state index in [0.29, 0.717) is 17.9 Å². The Bertz CT molecular complexity index is 691. The summed E-state index contributed by atoms with van der Waals surface area (Å²) in [5.41, 5.74) is 0.701. The van der Waals surface area contributed by atoms with E-state index in [1.807, 2.05) is 17.5 Å². The van der Waals surface area contributed by atoms with Crippen LogP contribution in [-0.2, 0) is 9.59 Å². The zero-order chi connectivity index (χ0) is 15.5. The van der Waals surface area contributed by atoms with Crippen molar-refractivity contribution in [1.29, 1.82) is 0 Å². The zero-order valence-electron chi connectivity index (χ0n) is 11.6. The first-order valence-electron chi connectivity index (χ1n) is 6.84. The van der Waals surface area contributed by atoms with Crippen LogP contribution in [0, 0.1) is 0 Å². The van der Waals surface area contributed by atoms with Gasteiger partial charge in [0.25, 0.3) is 0 Å². The minimum Gasteiger partial charge on any atom is -0.481 e.